The van der Waals surface area contributed by atoms with Crippen molar-refractivity contribution in [1.29, 1.82) is 0 Å². The molecule has 1 amide bonds. The van der Waals surface area contributed by atoms with E-state index in [1.165, 1.54) is 0 Å². The molecule has 0 bridgehead atoms. The average Bonchev–Trinajstić information content (AvgIpc) is 3.14. The molecule has 0 atom stereocenters. The fourth-order valence-corrected chi connectivity index (χ4v) is 5.11. The topological polar surface area (TPSA) is 135 Å². The van der Waals surface area contributed by atoms with Crippen LogP contribution in [-0.2, 0) is 30.3 Å². The molecule has 1 aromatic heterocycles. The lowest BCUT2D eigenvalue weighted by atomic mass is 9.71. The van der Waals surface area contributed by atoms with Crippen LogP contribution >= 0.6 is 11.6 Å². The fraction of sp³-hybridized carbons (Fsp3) is 0.150. The molecule has 1 aliphatic heterocycles. The molecule has 2 heterocycles. The van der Waals surface area contributed by atoms with Gasteiger partial charge in [0, 0.05) is 23.0 Å². The highest BCUT2D eigenvalue weighted by Gasteiger charge is 2.52. The summed E-state index contributed by atoms with van der Waals surface area (Å²) >= 11 is 6.05. The standard InChI is InChI=1S/C20H18ClN3O6S2/c1-31(26,27)23-14-7-3-12(4-8-14)20(16-11-17(21)30-18(16)22-19(20)25)13-5-9-15(10-6-13)24-32(2,28)29/h3-11,23-24H,1-2H3,(H,22,25). The molecule has 0 saturated carbocycles. The lowest BCUT2D eigenvalue weighted by molar-refractivity contribution is -0.118. The molecule has 0 aliphatic carbocycles. The first-order chi connectivity index (χ1) is 14.9. The zero-order valence-corrected chi connectivity index (χ0v) is 19.2. The lowest BCUT2D eigenvalue weighted by Gasteiger charge is -2.28. The van der Waals surface area contributed by atoms with Crippen LogP contribution in [0.2, 0.25) is 5.22 Å². The number of benzene rings is 2. The number of fused-ring (bicyclic) bond motifs is 1. The van der Waals surface area contributed by atoms with Crippen molar-refractivity contribution in [3.63, 3.8) is 0 Å². The Morgan fingerprint density at radius 2 is 1.28 bits per heavy atom. The number of amides is 1. The van der Waals surface area contributed by atoms with E-state index in [1.54, 1.807) is 54.6 Å². The van der Waals surface area contributed by atoms with Crippen LogP contribution in [0, 0.1) is 0 Å². The number of hydrogen-bond donors (Lipinski definition) is 3. The third kappa shape index (κ3) is 4.06. The van der Waals surface area contributed by atoms with Gasteiger partial charge in [0.1, 0.15) is 5.41 Å². The fourth-order valence-electron chi connectivity index (χ4n) is 3.80. The first-order valence-corrected chi connectivity index (χ1v) is 13.3. The van der Waals surface area contributed by atoms with Gasteiger partial charge in [-0.05, 0) is 47.0 Å². The van der Waals surface area contributed by atoms with Gasteiger partial charge < -0.3 is 4.42 Å². The predicted molar refractivity (Wildman–Crippen MR) is 122 cm³/mol. The third-order valence-corrected chi connectivity index (χ3v) is 6.32. The SMILES string of the molecule is CS(=O)(=O)Nc1ccc(C2(c3ccc(NS(C)(=O)=O)cc3)C(=O)Nc3oc(Cl)cc32)cc1. The number of nitrogens with one attached hydrogen (secondary N) is 3. The maximum atomic E-state index is 13.3. The van der Waals surface area contributed by atoms with E-state index in [1.807, 2.05) is 0 Å². The van der Waals surface area contributed by atoms with E-state index in [9.17, 15) is 21.6 Å². The summed E-state index contributed by atoms with van der Waals surface area (Å²) in [6.07, 6.45) is 2.08. The molecule has 168 valence electrons. The summed E-state index contributed by atoms with van der Waals surface area (Å²) in [6, 6.07) is 14.2. The Balaban J connectivity index is 1.87. The molecule has 0 unspecified atom stereocenters. The van der Waals surface area contributed by atoms with Gasteiger partial charge in [-0.2, -0.15) is 0 Å². The molecular weight excluding hydrogens is 478 g/mol. The highest BCUT2D eigenvalue weighted by Crippen LogP contribution is 2.50. The van der Waals surface area contributed by atoms with E-state index in [4.69, 9.17) is 16.0 Å². The molecule has 2 aromatic carbocycles. The van der Waals surface area contributed by atoms with Gasteiger partial charge >= 0.3 is 0 Å². The highest BCUT2D eigenvalue weighted by molar-refractivity contribution is 7.92. The van der Waals surface area contributed by atoms with Gasteiger partial charge in [-0.15, -0.1) is 0 Å². The summed E-state index contributed by atoms with van der Waals surface area (Å²) in [5, 5.41) is 2.79. The molecule has 9 nitrogen and oxygen atoms in total. The molecule has 0 radical (unpaired) electrons. The number of sulfonamides is 2. The Kier molecular flexibility index (Phi) is 5.23. The van der Waals surface area contributed by atoms with Crippen LogP contribution in [0.25, 0.3) is 0 Å². The molecular formula is C20H18ClN3O6S2. The zero-order valence-electron chi connectivity index (χ0n) is 16.8. The molecule has 4 rings (SSSR count). The van der Waals surface area contributed by atoms with Crippen molar-refractivity contribution in [2.45, 2.75) is 5.41 Å². The number of rotatable bonds is 6. The minimum absolute atomic E-state index is 0.0881. The van der Waals surface area contributed by atoms with Crippen molar-refractivity contribution in [3.05, 3.63) is 76.5 Å². The molecule has 3 aromatic rings. The van der Waals surface area contributed by atoms with Crippen molar-refractivity contribution >= 4 is 54.8 Å². The quantitative estimate of drug-likeness (QED) is 0.481. The first-order valence-electron chi connectivity index (χ1n) is 9.16. The normalized spacial score (nSPS) is 15.2. The Hall–Kier alpha value is -3.02. The van der Waals surface area contributed by atoms with Gasteiger partial charge in [0.2, 0.25) is 31.8 Å². The second kappa shape index (κ2) is 7.54. The molecule has 12 heteroatoms. The molecule has 1 aliphatic rings. The van der Waals surface area contributed by atoms with Crippen molar-refractivity contribution in [1.82, 2.24) is 0 Å². The van der Waals surface area contributed by atoms with E-state index >= 15 is 0 Å². The first kappa shape index (κ1) is 22.2. The minimum atomic E-state index is -3.47. The molecule has 0 fully saturated rings. The number of carbonyl (C=O) groups is 1. The number of carbonyl (C=O) groups excluding carboxylic acids is 1. The van der Waals surface area contributed by atoms with Crippen LogP contribution in [0.3, 0.4) is 0 Å². The maximum Gasteiger partial charge on any atom is 0.246 e. The van der Waals surface area contributed by atoms with Gasteiger partial charge in [-0.25, -0.2) is 16.8 Å². The number of hydrogen-bond acceptors (Lipinski definition) is 6. The smallest absolute Gasteiger partial charge is 0.246 e. The number of halogens is 1. The molecule has 0 saturated heterocycles. The molecule has 32 heavy (non-hydrogen) atoms. The van der Waals surface area contributed by atoms with Crippen LogP contribution < -0.4 is 14.8 Å². The van der Waals surface area contributed by atoms with Crippen molar-refractivity contribution < 1.29 is 26.0 Å². The summed E-state index contributed by atoms with van der Waals surface area (Å²) in [5.74, 6) is -0.188. The van der Waals surface area contributed by atoms with Crippen LogP contribution in [-0.4, -0.2) is 35.3 Å². The molecule has 0 spiro atoms. The predicted octanol–water partition coefficient (Wildman–Crippen LogP) is 2.96. The summed E-state index contributed by atoms with van der Waals surface area (Å²) in [4.78, 5) is 13.3. The van der Waals surface area contributed by atoms with Crippen molar-refractivity contribution in [2.24, 2.45) is 0 Å². The Morgan fingerprint density at radius 3 is 1.69 bits per heavy atom. The van der Waals surface area contributed by atoms with Gasteiger partial charge in [0.25, 0.3) is 0 Å². The summed E-state index contributed by atoms with van der Waals surface area (Å²) in [5.41, 5.74) is 0.883. The van der Waals surface area contributed by atoms with Crippen LogP contribution in [0.4, 0.5) is 17.3 Å². The van der Waals surface area contributed by atoms with E-state index in [0.717, 1.165) is 12.5 Å². The van der Waals surface area contributed by atoms with E-state index < -0.39 is 31.4 Å². The second-order valence-corrected chi connectivity index (χ2v) is 11.3. The van der Waals surface area contributed by atoms with Gasteiger partial charge in [-0.1, -0.05) is 24.3 Å². The highest BCUT2D eigenvalue weighted by atomic mass is 35.5. The monoisotopic (exact) mass is 495 g/mol. The summed E-state index contributed by atoms with van der Waals surface area (Å²) < 4.78 is 56.3. The van der Waals surface area contributed by atoms with Gasteiger partial charge in [0.15, 0.2) is 5.22 Å². The number of anilines is 3. The van der Waals surface area contributed by atoms with Crippen molar-refractivity contribution in [3.8, 4) is 0 Å². The largest absolute Gasteiger partial charge is 0.429 e. The maximum absolute atomic E-state index is 13.3. The summed E-state index contributed by atoms with van der Waals surface area (Å²) in [6.45, 7) is 0. The van der Waals surface area contributed by atoms with Gasteiger partial charge in [0.05, 0.1) is 12.5 Å². The van der Waals surface area contributed by atoms with Gasteiger partial charge in [-0.3, -0.25) is 19.6 Å². The van der Waals surface area contributed by atoms with Crippen LogP contribution in [0.1, 0.15) is 16.7 Å². The lowest BCUT2D eigenvalue weighted by Crippen LogP contribution is -2.37. The third-order valence-electron chi connectivity index (χ3n) is 4.92. The Bertz CT molecular complexity index is 1340. The van der Waals surface area contributed by atoms with Crippen molar-refractivity contribution in [2.75, 3.05) is 27.3 Å². The Labute approximate surface area is 189 Å². The Morgan fingerprint density at radius 1 is 0.844 bits per heavy atom. The van der Waals surface area contributed by atoms with Crippen LogP contribution in [0.5, 0.6) is 0 Å². The molecule has 3 N–H and O–H groups in total. The van der Waals surface area contributed by atoms with E-state index in [2.05, 4.69) is 14.8 Å². The number of furan rings is 1. The average molecular weight is 496 g/mol. The van der Waals surface area contributed by atoms with E-state index in [-0.39, 0.29) is 11.1 Å². The van der Waals surface area contributed by atoms with Crippen LogP contribution in [0.15, 0.2) is 59.0 Å². The summed E-state index contributed by atoms with van der Waals surface area (Å²) in [7, 11) is -6.94. The second-order valence-electron chi connectivity index (χ2n) is 7.40. The van der Waals surface area contributed by atoms with E-state index in [0.29, 0.717) is 28.1 Å². The minimum Gasteiger partial charge on any atom is -0.429 e. The zero-order chi connectivity index (χ0) is 23.3.